The highest BCUT2D eigenvalue weighted by Crippen LogP contribution is 2.39. The van der Waals surface area contributed by atoms with Gasteiger partial charge < -0.3 is 14.7 Å². The van der Waals surface area contributed by atoms with Gasteiger partial charge in [-0.15, -0.1) is 17.0 Å². The lowest BCUT2D eigenvalue weighted by atomic mass is 10.2. The zero-order valence-corrected chi connectivity index (χ0v) is 14.8. The van der Waals surface area contributed by atoms with Crippen LogP contribution in [-0.4, -0.2) is 49.6 Å². The largest absolute Gasteiger partial charge is 0.309 e. The lowest BCUT2D eigenvalue weighted by Crippen LogP contribution is -2.40. The molecular weight excluding hydrogens is 328 g/mol. The van der Waals surface area contributed by atoms with Crippen LogP contribution in [0, 0.1) is 0 Å². The highest BCUT2D eigenvalue weighted by molar-refractivity contribution is 8.93. The summed E-state index contributed by atoms with van der Waals surface area (Å²) in [4.78, 5) is 12.0. The van der Waals surface area contributed by atoms with Crippen LogP contribution in [0.2, 0.25) is 0 Å². The molecule has 0 bridgehead atoms. The van der Waals surface area contributed by atoms with Crippen molar-refractivity contribution in [1.82, 2.24) is 4.90 Å². The number of guanidine groups is 1. The van der Waals surface area contributed by atoms with Gasteiger partial charge in [0, 0.05) is 19.6 Å². The van der Waals surface area contributed by atoms with Crippen LogP contribution in [-0.2, 0) is 0 Å². The average molecular weight is 353 g/mol. The number of aliphatic imine (C=N–C) groups is 1. The van der Waals surface area contributed by atoms with Crippen LogP contribution in [0.5, 0.6) is 0 Å². The summed E-state index contributed by atoms with van der Waals surface area (Å²) in [5.41, 5.74) is 2.63. The van der Waals surface area contributed by atoms with E-state index in [1.807, 2.05) is 0 Å². The molecule has 1 aromatic rings. The van der Waals surface area contributed by atoms with Crippen LogP contribution in [0.15, 0.2) is 29.3 Å². The number of fused-ring (bicyclic) bond motifs is 3. The number of hydrogen-bond acceptors (Lipinski definition) is 4. The maximum Gasteiger partial charge on any atom is 0.206 e. The summed E-state index contributed by atoms with van der Waals surface area (Å²) in [6.07, 6.45) is 0. The summed E-state index contributed by atoms with van der Waals surface area (Å²) >= 11 is 0. The minimum Gasteiger partial charge on any atom is -0.309 e. The average Bonchev–Trinajstić information content (AvgIpc) is 2.97. The zero-order chi connectivity index (χ0) is 14.1. The van der Waals surface area contributed by atoms with Crippen molar-refractivity contribution in [2.75, 3.05) is 42.5 Å². The van der Waals surface area contributed by atoms with E-state index in [0.29, 0.717) is 6.04 Å². The summed E-state index contributed by atoms with van der Waals surface area (Å²) in [5, 5.41) is 0. The van der Waals surface area contributed by atoms with Gasteiger partial charge in [0.05, 0.1) is 17.4 Å². The van der Waals surface area contributed by atoms with E-state index in [4.69, 9.17) is 4.99 Å². The fourth-order valence-electron chi connectivity index (χ4n) is 3.11. The number of halogens is 1. The molecule has 2 aliphatic heterocycles. The monoisotopic (exact) mass is 352 g/mol. The predicted molar refractivity (Wildman–Crippen MR) is 96.1 cm³/mol. The second-order valence-corrected chi connectivity index (χ2v) is 5.56. The molecule has 0 N–H and O–H groups in total. The Bertz CT molecular complexity index is 513. The molecule has 4 nitrogen and oxygen atoms in total. The van der Waals surface area contributed by atoms with Gasteiger partial charge in [-0.05, 0) is 32.1 Å². The molecule has 2 aliphatic rings. The van der Waals surface area contributed by atoms with E-state index in [1.54, 1.807) is 0 Å². The van der Waals surface area contributed by atoms with Crippen molar-refractivity contribution >= 4 is 34.3 Å². The number of nitrogens with zero attached hydrogens (tertiary/aromatic N) is 4. The Hall–Kier alpha value is -1.07. The van der Waals surface area contributed by atoms with Crippen LogP contribution in [0.25, 0.3) is 0 Å². The lowest BCUT2D eigenvalue weighted by molar-refractivity contribution is 0.313. The summed E-state index contributed by atoms with van der Waals surface area (Å²) in [6, 6.07) is 9.06. The van der Waals surface area contributed by atoms with Crippen LogP contribution in [0.3, 0.4) is 0 Å². The van der Waals surface area contributed by atoms with E-state index in [-0.39, 0.29) is 17.0 Å². The number of hydrogen-bond donors (Lipinski definition) is 0. The number of benzene rings is 1. The normalized spacial score (nSPS) is 19.4. The van der Waals surface area contributed by atoms with E-state index in [1.165, 1.54) is 11.4 Å². The van der Waals surface area contributed by atoms with Gasteiger partial charge in [0.25, 0.3) is 0 Å². The zero-order valence-electron chi connectivity index (χ0n) is 13.1. The molecule has 1 unspecified atom stereocenters. The Morgan fingerprint density at radius 2 is 1.86 bits per heavy atom. The summed E-state index contributed by atoms with van der Waals surface area (Å²) in [7, 11) is 0. The van der Waals surface area contributed by atoms with Gasteiger partial charge in [0.15, 0.2) is 0 Å². The Morgan fingerprint density at radius 1 is 1.19 bits per heavy atom. The molecule has 116 valence electrons. The fourth-order valence-corrected chi connectivity index (χ4v) is 3.11. The summed E-state index contributed by atoms with van der Waals surface area (Å²) in [5.74, 6) is 1.14. The number of para-hydroxylation sites is 2. The minimum absolute atomic E-state index is 0. The SMILES string of the molecule is Br.CCN(CC)CCN1C2=NC(C)CN2c2ccccc21. The van der Waals surface area contributed by atoms with Crippen molar-refractivity contribution in [3.63, 3.8) is 0 Å². The minimum atomic E-state index is 0. The van der Waals surface area contributed by atoms with Gasteiger partial charge in [0.1, 0.15) is 0 Å². The van der Waals surface area contributed by atoms with Gasteiger partial charge >= 0.3 is 0 Å². The molecule has 0 aromatic heterocycles. The highest BCUT2D eigenvalue weighted by Gasteiger charge is 2.36. The molecule has 0 amide bonds. The maximum atomic E-state index is 4.83. The van der Waals surface area contributed by atoms with Crippen molar-refractivity contribution < 1.29 is 0 Å². The van der Waals surface area contributed by atoms with Crippen LogP contribution in [0.4, 0.5) is 11.4 Å². The van der Waals surface area contributed by atoms with Gasteiger partial charge in [-0.1, -0.05) is 26.0 Å². The molecule has 0 spiro atoms. The van der Waals surface area contributed by atoms with Gasteiger partial charge in [-0.3, -0.25) is 0 Å². The second-order valence-electron chi connectivity index (χ2n) is 5.56. The Morgan fingerprint density at radius 3 is 2.52 bits per heavy atom. The maximum absolute atomic E-state index is 4.83. The van der Waals surface area contributed by atoms with Gasteiger partial charge in [-0.25, -0.2) is 4.99 Å². The molecule has 0 saturated heterocycles. The van der Waals surface area contributed by atoms with E-state index < -0.39 is 0 Å². The predicted octanol–water partition coefficient (Wildman–Crippen LogP) is 2.99. The van der Waals surface area contributed by atoms with Crippen molar-refractivity contribution in [1.29, 1.82) is 0 Å². The molecule has 0 fully saturated rings. The Balaban J connectivity index is 0.00000161. The van der Waals surface area contributed by atoms with Crippen LogP contribution < -0.4 is 9.80 Å². The van der Waals surface area contributed by atoms with Crippen molar-refractivity contribution in [3.05, 3.63) is 24.3 Å². The fraction of sp³-hybridized carbons (Fsp3) is 0.562. The molecule has 0 aliphatic carbocycles. The summed E-state index contributed by atoms with van der Waals surface area (Å²) in [6.45, 7) is 12.0. The Labute approximate surface area is 138 Å². The number of likely N-dealkylation sites (N-methyl/N-ethyl adjacent to an activating group) is 1. The second kappa shape index (κ2) is 6.79. The highest BCUT2D eigenvalue weighted by atomic mass is 79.9. The smallest absolute Gasteiger partial charge is 0.206 e. The van der Waals surface area contributed by atoms with Crippen molar-refractivity contribution in [2.45, 2.75) is 26.8 Å². The molecule has 0 radical (unpaired) electrons. The lowest BCUT2D eigenvalue weighted by Gasteiger charge is -2.24. The van der Waals surface area contributed by atoms with Crippen LogP contribution >= 0.6 is 17.0 Å². The molecule has 5 heteroatoms. The molecule has 2 heterocycles. The molecule has 21 heavy (non-hydrogen) atoms. The first-order valence-corrected chi connectivity index (χ1v) is 7.68. The molecular formula is C16H25BrN4. The molecule has 0 saturated carbocycles. The van der Waals surface area contributed by atoms with Gasteiger partial charge in [-0.2, -0.15) is 0 Å². The quantitative estimate of drug-likeness (QED) is 0.813. The van der Waals surface area contributed by atoms with Crippen molar-refractivity contribution in [2.24, 2.45) is 4.99 Å². The van der Waals surface area contributed by atoms with E-state index in [0.717, 1.165) is 38.7 Å². The van der Waals surface area contributed by atoms with Crippen LogP contribution in [0.1, 0.15) is 20.8 Å². The molecule has 1 aromatic carbocycles. The topological polar surface area (TPSA) is 22.1 Å². The standard InChI is InChI=1S/C16H24N4.BrH/c1-4-18(5-2)10-11-19-14-8-6-7-9-15(14)20-12-13(3)17-16(19)20;/h6-9,13H,4-5,10-12H2,1-3H3;1H. The molecule has 3 rings (SSSR count). The Kier molecular flexibility index (Phi) is 5.27. The third-order valence-electron chi connectivity index (χ3n) is 4.26. The van der Waals surface area contributed by atoms with E-state index >= 15 is 0 Å². The first-order chi connectivity index (χ1) is 9.74. The van der Waals surface area contributed by atoms with E-state index in [9.17, 15) is 0 Å². The number of rotatable bonds is 5. The first kappa shape index (κ1) is 16.3. The first-order valence-electron chi connectivity index (χ1n) is 7.68. The molecule has 1 atom stereocenters. The third-order valence-corrected chi connectivity index (χ3v) is 4.26. The van der Waals surface area contributed by atoms with Gasteiger partial charge in [0.2, 0.25) is 5.96 Å². The van der Waals surface area contributed by atoms with E-state index in [2.05, 4.69) is 59.7 Å². The third kappa shape index (κ3) is 2.94. The summed E-state index contributed by atoms with van der Waals surface area (Å²) < 4.78 is 0. The number of anilines is 2. The van der Waals surface area contributed by atoms with Crippen molar-refractivity contribution in [3.8, 4) is 0 Å².